The molecule has 3 heterocycles. The molecule has 1 aliphatic rings. The maximum Gasteiger partial charge on any atom is 0.241 e. The Labute approximate surface area is 188 Å². The molecule has 1 aliphatic carbocycles. The van der Waals surface area contributed by atoms with Crippen LogP contribution in [0.3, 0.4) is 0 Å². The van der Waals surface area contributed by atoms with E-state index in [1.807, 2.05) is 38.4 Å². The van der Waals surface area contributed by atoms with Crippen LogP contribution in [0.25, 0.3) is 21.6 Å². The summed E-state index contributed by atoms with van der Waals surface area (Å²) in [6.07, 6.45) is 1.71. The van der Waals surface area contributed by atoms with E-state index in [-0.39, 0.29) is 10.4 Å². The van der Waals surface area contributed by atoms with Gasteiger partial charge in [0.25, 0.3) is 0 Å². The number of hydrogen-bond donors (Lipinski definition) is 1. The third kappa shape index (κ3) is 3.91. The van der Waals surface area contributed by atoms with Gasteiger partial charge < -0.3 is 0 Å². The van der Waals surface area contributed by atoms with Gasteiger partial charge in [0.15, 0.2) is 5.01 Å². The molecule has 0 amide bonds. The van der Waals surface area contributed by atoms with Crippen LogP contribution in [0.15, 0.2) is 23.1 Å². The van der Waals surface area contributed by atoms with Crippen molar-refractivity contribution in [2.45, 2.75) is 57.5 Å². The van der Waals surface area contributed by atoms with Crippen LogP contribution in [0.5, 0.6) is 0 Å². The van der Waals surface area contributed by atoms with Gasteiger partial charge in [0.2, 0.25) is 10.0 Å². The summed E-state index contributed by atoms with van der Waals surface area (Å²) >= 11 is 3.09. The smallest absolute Gasteiger partial charge is 0.241 e. The van der Waals surface area contributed by atoms with Crippen molar-refractivity contribution in [3.63, 3.8) is 0 Å². The molecule has 3 aromatic heterocycles. The number of benzene rings is 1. The summed E-state index contributed by atoms with van der Waals surface area (Å²) in [6, 6.07) is 5.17. The average Bonchev–Trinajstić information content (AvgIpc) is 3.02. The monoisotopic (exact) mass is 474 g/mol. The lowest BCUT2D eigenvalue weighted by Crippen LogP contribution is -2.34. The highest BCUT2D eigenvalue weighted by atomic mass is 32.2. The van der Waals surface area contributed by atoms with Crippen molar-refractivity contribution in [3.8, 4) is 10.7 Å². The molecule has 11 heteroatoms. The van der Waals surface area contributed by atoms with Crippen molar-refractivity contribution < 1.29 is 8.42 Å². The van der Waals surface area contributed by atoms with Crippen LogP contribution in [0.1, 0.15) is 40.4 Å². The summed E-state index contributed by atoms with van der Waals surface area (Å²) < 4.78 is 30.6. The van der Waals surface area contributed by atoms with Crippen molar-refractivity contribution in [2.75, 3.05) is 0 Å². The Morgan fingerprint density at radius 3 is 2.52 bits per heavy atom. The number of fused-ring (bicyclic) bond motifs is 1. The summed E-state index contributed by atoms with van der Waals surface area (Å²) in [5.74, 6) is 0. The topological polar surface area (TPSA) is 103 Å². The number of aromatic nitrogens is 5. The van der Waals surface area contributed by atoms with E-state index in [2.05, 4.69) is 19.9 Å². The molecule has 0 aliphatic heterocycles. The number of nitrogens with zero attached hydrogens (tertiary/aromatic N) is 5. The Kier molecular flexibility index (Phi) is 4.77. The molecule has 0 spiro atoms. The largest absolute Gasteiger partial charge is 0.259 e. The first kappa shape index (κ1) is 20.7. The minimum Gasteiger partial charge on any atom is -0.259 e. The van der Waals surface area contributed by atoms with Crippen LogP contribution in [0.4, 0.5) is 0 Å². The van der Waals surface area contributed by atoms with E-state index < -0.39 is 10.0 Å². The van der Waals surface area contributed by atoms with Gasteiger partial charge in [-0.05, 0) is 58.7 Å². The predicted molar refractivity (Wildman–Crippen MR) is 122 cm³/mol. The van der Waals surface area contributed by atoms with Gasteiger partial charge in [-0.2, -0.15) is 5.10 Å². The maximum atomic E-state index is 13.0. The number of nitrogens with one attached hydrogen (secondary N) is 1. The lowest BCUT2D eigenvalue weighted by Gasteiger charge is -2.12. The normalized spacial score (nSPS) is 15.6. The summed E-state index contributed by atoms with van der Waals surface area (Å²) in [6.45, 7) is 8.36. The maximum absolute atomic E-state index is 13.0. The SMILES string of the molecule is Cc1nnc(-c2nn(Cc3sc(C)nc3C)c3ccc(S(=O)(=O)NC4(C)CC4)cc23)s1. The second kappa shape index (κ2) is 7.16. The fourth-order valence-corrected chi connectivity index (χ4v) is 6.63. The molecule has 0 unspecified atom stereocenters. The zero-order valence-corrected chi connectivity index (χ0v) is 20.1. The Morgan fingerprint density at radius 1 is 1.13 bits per heavy atom. The Balaban J connectivity index is 1.64. The summed E-state index contributed by atoms with van der Waals surface area (Å²) in [5, 5.41) is 16.5. The van der Waals surface area contributed by atoms with Crippen LogP contribution in [-0.4, -0.2) is 38.9 Å². The highest BCUT2D eigenvalue weighted by Crippen LogP contribution is 2.37. The first-order valence-electron chi connectivity index (χ1n) is 9.91. The molecule has 0 saturated heterocycles. The van der Waals surface area contributed by atoms with Gasteiger partial charge in [-0.25, -0.2) is 18.1 Å². The molecule has 5 rings (SSSR count). The molecule has 8 nitrogen and oxygen atoms in total. The van der Waals surface area contributed by atoms with Crippen LogP contribution < -0.4 is 4.72 Å². The summed E-state index contributed by atoms with van der Waals surface area (Å²) in [4.78, 5) is 5.87. The zero-order chi connectivity index (χ0) is 22.0. The fraction of sp³-hybridized carbons (Fsp3) is 0.400. The van der Waals surface area contributed by atoms with Gasteiger partial charge >= 0.3 is 0 Å². The predicted octanol–water partition coefficient (Wildman–Crippen LogP) is 3.82. The first-order valence-corrected chi connectivity index (χ1v) is 13.0. The van der Waals surface area contributed by atoms with Crippen molar-refractivity contribution >= 4 is 43.6 Å². The molecule has 0 radical (unpaired) electrons. The number of sulfonamides is 1. The quantitative estimate of drug-likeness (QED) is 0.456. The highest BCUT2D eigenvalue weighted by Gasteiger charge is 2.41. The number of rotatable bonds is 6. The number of aryl methyl sites for hydroxylation is 3. The van der Waals surface area contributed by atoms with Crippen molar-refractivity contribution in [3.05, 3.63) is 38.8 Å². The number of hydrogen-bond acceptors (Lipinski definition) is 8. The second-order valence-corrected chi connectivity index (χ2v) is 12.4. The Bertz CT molecular complexity index is 1410. The van der Waals surface area contributed by atoms with Crippen molar-refractivity contribution in [1.29, 1.82) is 0 Å². The molecule has 31 heavy (non-hydrogen) atoms. The summed E-state index contributed by atoms with van der Waals surface area (Å²) in [7, 11) is -3.62. The molecule has 0 atom stereocenters. The molecular weight excluding hydrogens is 452 g/mol. The molecule has 1 fully saturated rings. The van der Waals surface area contributed by atoms with E-state index in [0.717, 1.165) is 44.3 Å². The van der Waals surface area contributed by atoms with Gasteiger partial charge in [-0.1, -0.05) is 11.3 Å². The minimum atomic E-state index is -3.62. The van der Waals surface area contributed by atoms with E-state index in [4.69, 9.17) is 5.10 Å². The van der Waals surface area contributed by atoms with E-state index in [9.17, 15) is 8.42 Å². The number of thiazole rings is 1. The van der Waals surface area contributed by atoms with E-state index in [1.165, 1.54) is 11.3 Å². The van der Waals surface area contributed by atoms with Crippen LogP contribution in [-0.2, 0) is 16.6 Å². The van der Waals surface area contributed by atoms with Gasteiger partial charge in [0, 0.05) is 15.8 Å². The van der Waals surface area contributed by atoms with Gasteiger partial charge in [-0.15, -0.1) is 21.5 Å². The zero-order valence-electron chi connectivity index (χ0n) is 17.6. The summed E-state index contributed by atoms with van der Waals surface area (Å²) in [5.41, 5.74) is 2.15. The molecule has 162 valence electrons. The standard InChI is InChI=1S/C20H22N6O2S3/c1-11-17(29-12(2)21-11)10-26-16-6-5-14(31(27,28)25-20(4)7-8-20)9-15(16)18(24-26)19-23-22-13(3)30-19/h5-6,9,25H,7-8,10H2,1-4H3. The highest BCUT2D eigenvalue weighted by molar-refractivity contribution is 7.89. The van der Waals surface area contributed by atoms with E-state index >= 15 is 0 Å². The molecule has 1 N–H and O–H groups in total. The van der Waals surface area contributed by atoms with Crippen LogP contribution in [0, 0.1) is 20.8 Å². The Morgan fingerprint density at radius 2 is 1.90 bits per heavy atom. The first-order chi connectivity index (χ1) is 14.6. The van der Waals surface area contributed by atoms with Crippen molar-refractivity contribution in [2.24, 2.45) is 0 Å². The van der Waals surface area contributed by atoms with E-state index in [1.54, 1.807) is 23.5 Å². The second-order valence-electron chi connectivity index (χ2n) is 8.22. The van der Waals surface area contributed by atoms with Gasteiger partial charge in [0.1, 0.15) is 10.7 Å². The third-order valence-electron chi connectivity index (χ3n) is 5.43. The molecule has 1 aromatic carbocycles. The molecule has 1 saturated carbocycles. The van der Waals surface area contributed by atoms with Gasteiger partial charge in [-0.3, -0.25) is 4.68 Å². The third-order valence-corrected chi connectivity index (χ3v) is 8.97. The molecule has 4 aromatic rings. The lowest BCUT2D eigenvalue weighted by atomic mass is 10.2. The van der Waals surface area contributed by atoms with Crippen molar-refractivity contribution in [1.82, 2.24) is 29.7 Å². The molecular formula is C20H22N6O2S3. The van der Waals surface area contributed by atoms with E-state index in [0.29, 0.717) is 17.2 Å². The lowest BCUT2D eigenvalue weighted by molar-refractivity contribution is 0.558. The minimum absolute atomic E-state index is 0.236. The fourth-order valence-electron chi connectivity index (χ4n) is 3.53. The van der Waals surface area contributed by atoms with Crippen LogP contribution >= 0.6 is 22.7 Å². The average molecular weight is 475 g/mol. The Hall–Kier alpha value is -2.21. The van der Waals surface area contributed by atoms with Gasteiger partial charge in [0.05, 0.1) is 27.7 Å². The molecule has 0 bridgehead atoms. The van der Waals surface area contributed by atoms with Crippen LogP contribution in [0.2, 0.25) is 0 Å².